The zero-order valence-corrected chi connectivity index (χ0v) is 14.0. The van der Waals surface area contributed by atoms with Crippen LogP contribution in [0.5, 0.6) is 0 Å². The number of hydrogen-bond acceptors (Lipinski definition) is 7. The summed E-state index contributed by atoms with van der Waals surface area (Å²) >= 11 is 9.20. The van der Waals surface area contributed by atoms with Crippen LogP contribution in [0.1, 0.15) is 0 Å². The minimum absolute atomic E-state index is 0.179. The molecule has 0 unspecified atom stereocenters. The van der Waals surface area contributed by atoms with Crippen molar-refractivity contribution in [2.75, 3.05) is 11.5 Å². The fourth-order valence-electron chi connectivity index (χ4n) is 2.24. The number of thiazole rings is 1. The van der Waals surface area contributed by atoms with Gasteiger partial charge in [0.25, 0.3) is 0 Å². The van der Waals surface area contributed by atoms with E-state index >= 15 is 0 Å². The molecule has 4 rings (SSSR count). The molecule has 0 atom stereocenters. The Labute approximate surface area is 144 Å². The summed E-state index contributed by atoms with van der Waals surface area (Å²) in [4.78, 5) is 13.8. The largest absolute Gasteiger partial charge is 0.383 e. The third-order valence-corrected chi connectivity index (χ3v) is 5.57. The molecule has 0 saturated heterocycles. The molecule has 0 bridgehead atoms. The van der Waals surface area contributed by atoms with E-state index in [0.29, 0.717) is 10.8 Å². The van der Waals surface area contributed by atoms with Crippen LogP contribution in [0, 0.1) is 0 Å². The fourth-order valence-corrected chi connectivity index (χ4v) is 4.46. The smallest absolute Gasteiger partial charge is 0.222 e. The molecule has 23 heavy (non-hydrogen) atoms. The number of nitrogens with two attached hydrogens (primary N) is 2. The Morgan fingerprint density at radius 1 is 0.957 bits per heavy atom. The second-order valence-electron chi connectivity index (χ2n) is 4.84. The number of hydrogen-bond donors (Lipinski definition) is 2. The van der Waals surface area contributed by atoms with E-state index in [1.54, 1.807) is 23.1 Å². The molecule has 2 heterocycles. The number of fused-ring (bicyclic) bond motifs is 2. The van der Waals surface area contributed by atoms with Crippen molar-refractivity contribution in [1.29, 1.82) is 0 Å². The maximum absolute atomic E-state index is 6.00. The lowest BCUT2D eigenvalue weighted by molar-refractivity contribution is 1.24. The van der Waals surface area contributed by atoms with Crippen LogP contribution in [0.15, 0.2) is 45.6 Å². The van der Waals surface area contributed by atoms with Crippen LogP contribution in [0.25, 0.3) is 21.1 Å². The molecule has 0 aliphatic heterocycles. The lowest BCUT2D eigenvalue weighted by atomic mass is 10.2. The normalized spacial score (nSPS) is 11.3. The number of benzene rings is 2. The van der Waals surface area contributed by atoms with E-state index in [-0.39, 0.29) is 5.95 Å². The first-order valence-corrected chi connectivity index (χ1v) is 8.66. The van der Waals surface area contributed by atoms with Crippen LogP contribution in [0.2, 0.25) is 5.02 Å². The molecule has 2 aromatic carbocycles. The number of halogens is 1. The Bertz CT molecular complexity index is 1050. The zero-order chi connectivity index (χ0) is 16.0. The van der Waals surface area contributed by atoms with Crippen LogP contribution in [-0.2, 0) is 0 Å². The first-order chi connectivity index (χ1) is 11.1. The van der Waals surface area contributed by atoms with Gasteiger partial charge in [0, 0.05) is 15.3 Å². The second kappa shape index (κ2) is 5.52. The van der Waals surface area contributed by atoms with Gasteiger partial charge in [0.15, 0.2) is 4.34 Å². The van der Waals surface area contributed by atoms with Gasteiger partial charge in [-0.1, -0.05) is 23.4 Å². The minimum Gasteiger partial charge on any atom is -0.383 e. The molecule has 2 aromatic heterocycles. The molecule has 0 saturated carbocycles. The summed E-state index contributed by atoms with van der Waals surface area (Å²) in [6.07, 6.45) is 0. The molecule has 0 radical (unpaired) electrons. The summed E-state index contributed by atoms with van der Waals surface area (Å²) in [6, 6.07) is 11.5. The van der Waals surface area contributed by atoms with Gasteiger partial charge in [0.2, 0.25) is 5.95 Å². The van der Waals surface area contributed by atoms with Crippen LogP contribution >= 0.6 is 34.7 Å². The summed E-state index contributed by atoms with van der Waals surface area (Å²) in [5.41, 5.74) is 13.2. The summed E-state index contributed by atoms with van der Waals surface area (Å²) in [5.74, 6) is 0.560. The van der Waals surface area contributed by atoms with E-state index in [1.165, 1.54) is 0 Å². The average Bonchev–Trinajstić information content (AvgIpc) is 2.89. The monoisotopic (exact) mass is 359 g/mol. The molecule has 0 spiro atoms. The third-order valence-electron chi connectivity index (χ3n) is 3.25. The van der Waals surface area contributed by atoms with Crippen molar-refractivity contribution < 1.29 is 0 Å². The number of rotatable bonds is 2. The zero-order valence-electron chi connectivity index (χ0n) is 11.7. The maximum atomic E-state index is 6.00. The molecule has 114 valence electrons. The van der Waals surface area contributed by atoms with Gasteiger partial charge >= 0.3 is 0 Å². The molecule has 5 nitrogen and oxygen atoms in total. The minimum atomic E-state index is 0.179. The Balaban J connectivity index is 1.73. The molecule has 0 amide bonds. The van der Waals surface area contributed by atoms with Crippen molar-refractivity contribution in [2.24, 2.45) is 0 Å². The molecular weight excluding hydrogens is 350 g/mol. The van der Waals surface area contributed by atoms with Crippen molar-refractivity contribution in [3.05, 3.63) is 41.4 Å². The van der Waals surface area contributed by atoms with Crippen molar-refractivity contribution in [2.45, 2.75) is 9.24 Å². The number of nitrogens with zero attached hydrogens (tertiary/aromatic N) is 3. The van der Waals surface area contributed by atoms with E-state index in [9.17, 15) is 0 Å². The van der Waals surface area contributed by atoms with Gasteiger partial charge in [0.05, 0.1) is 15.7 Å². The SMILES string of the molecule is Nc1nc(N)c2cc(Sc3nc4cc(Cl)ccc4s3)ccc2n1. The highest BCUT2D eigenvalue weighted by molar-refractivity contribution is 8.01. The number of aromatic nitrogens is 3. The highest BCUT2D eigenvalue weighted by atomic mass is 35.5. The van der Waals surface area contributed by atoms with Gasteiger partial charge in [-0.2, -0.15) is 4.98 Å². The first-order valence-electron chi connectivity index (χ1n) is 6.65. The van der Waals surface area contributed by atoms with Crippen molar-refractivity contribution >= 4 is 67.6 Å². The van der Waals surface area contributed by atoms with E-state index in [0.717, 1.165) is 30.4 Å². The summed E-state index contributed by atoms with van der Waals surface area (Å²) in [7, 11) is 0. The predicted octanol–water partition coefficient (Wildman–Crippen LogP) is 4.21. The second-order valence-corrected chi connectivity index (χ2v) is 7.63. The number of nitrogen functional groups attached to an aromatic ring is 2. The van der Waals surface area contributed by atoms with Gasteiger partial charge in [-0.3, -0.25) is 0 Å². The highest BCUT2D eigenvalue weighted by Gasteiger charge is 2.09. The van der Waals surface area contributed by atoms with Crippen molar-refractivity contribution in [1.82, 2.24) is 15.0 Å². The van der Waals surface area contributed by atoms with E-state index < -0.39 is 0 Å². The van der Waals surface area contributed by atoms with Gasteiger partial charge in [-0.25, -0.2) is 9.97 Å². The van der Waals surface area contributed by atoms with Crippen molar-refractivity contribution in [3.63, 3.8) is 0 Å². The predicted molar refractivity (Wildman–Crippen MR) is 97.1 cm³/mol. The van der Waals surface area contributed by atoms with E-state index in [4.69, 9.17) is 23.1 Å². The number of anilines is 2. The average molecular weight is 360 g/mol. The fraction of sp³-hybridized carbons (Fsp3) is 0. The third kappa shape index (κ3) is 2.78. The highest BCUT2D eigenvalue weighted by Crippen LogP contribution is 2.36. The Hall–Kier alpha value is -2.09. The summed E-state index contributed by atoms with van der Waals surface area (Å²) in [6.45, 7) is 0. The standard InChI is InChI=1S/C15H10ClN5S2/c16-7-1-4-12-11(5-7)20-15(23-12)22-8-2-3-10-9(6-8)13(17)21-14(18)19-10/h1-6H,(H4,17,18,19,21). The summed E-state index contributed by atoms with van der Waals surface area (Å²) < 4.78 is 2.05. The molecule has 8 heteroatoms. The topological polar surface area (TPSA) is 90.7 Å². The quantitative estimate of drug-likeness (QED) is 0.557. The van der Waals surface area contributed by atoms with Gasteiger partial charge in [-0.15, -0.1) is 11.3 Å². The lowest BCUT2D eigenvalue weighted by Gasteiger charge is -2.04. The Morgan fingerprint density at radius 3 is 2.70 bits per heavy atom. The maximum Gasteiger partial charge on any atom is 0.222 e. The van der Waals surface area contributed by atoms with Gasteiger partial charge < -0.3 is 11.5 Å². The van der Waals surface area contributed by atoms with Crippen LogP contribution in [-0.4, -0.2) is 15.0 Å². The molecule has 0 fully saturated rings. The molecule has 4 aromatic rings. The molecule has 4 N–H and O–H groups in total. The Kier molecular flexibility index (Phi) is 3.48. The molecule has 0 aliphatic rings. The van der Waals surface area contributed by atoms with E-state index in [1.807, 2.05) is 36.4 Å². The van der Waals surface area contributed by atoms with Crippen LogP contribution in [0.3, 0.4) is 0 Å². The van der Waals surface area contributed by atoms with Crippen LogP contribution < -0.4 is 11.5 Å². The van der Waals surface area contributed by atoms with E-state index in [2.05, 4.69) is 15.0 Å². The van der Waals surface area contributed by atoms with Crippen LogP contribution in [0.4, 0.5) is 11.8 Å². The molecule has 0 aliphatic carbocycles. The molecular formula is C15H10ClN5S2. The van der Waals surface area contributed by atoms with Gasteiger partial charge in [0.1, 0.15) is 5.82 Å². The lowest BCUT2D eigenvalue weighted by Crippen LogP contribution is -2.00. The van der Waals surface area contributed by atoms with Gasteiger partial charge in [-0.05, 0) is 36.4 Å². The summed E-state index contributed by atoms with van der Waals surface area (Å²) in [5, 5.41) is 1.47. The first kappa shape index (κ1) is 14.5. The Morgan fingerprint density at radius 2 is 1.83 bits per heavy atom. The van der Waals surface area contributed by atoms with Crippen molar-refractivity contribution in [3.8, 4) is 0 Å².